The molecule has 0 unspecified atom stereocenters. The van der Waals surface area contributed by atoms with E-state index < -0.39 is 10.0 Å². The van der Waals surface area contributed by atoms with Crippen LogP contribution in [0.5, 0.6) is 0 Å². The SMILES string of the molecule is CN=NCCc1ccc(S(N)(=O)=O)cc1. The van der Waals surface area contributed by atoms with Crippen molar-refractivity contribution in [2.75, 3.05) is 13.6 Å². The molecule has 0 spiro atoms. The van der Waals surface area contributed by atoms with Gasteiger partial charge in [-0.2, -0.15) is 10.2 Å². The zero-order valence-corrected chi connectivity index (χ0v) is 9.24. The zero-order valence-electron chi connectivity index (χ0n) is 8.42. The fourth-order valence-corrected chi connectivity index (χ4v) is 1.64. The molecule has 1 aromatic carbocycles. The monoisotopic (exact) mass is 227 g/mol. The Morgan fingerprint density at radius 3 is 2.33 bits per heavy atom. The molecule has 2 N–H and O–H groups in total. The fraction of sp³-hybridized carbons (Fsp3) is 0.333. The maximum absolute atomic E-state index is 10.9. The van der Waals surface area contributed by atoms with Crippen LogP contribution in [-0.2, 0) is 16.4 Å². The van der Waals surface area contributed by atoms with Gasteiger partial charge in [0.1, 0.15) is 0 Å². The lowest BCUT2D eigenvalue weighted by molar-refractivity contribution is 0.598. The lowest BCUT2D eigenvalue weighted by Crippen LogP contribution is -2.11. The third-order valence-electron chi connectivity index (χ3n) is 1.89. The molecular formula is C9H13N3O2S. The lowest BCUT2D eigenvalue weighted by atomic mass is 10.2. The van der Waals surface area contributed by atoms with Gasteiger partial charge in [0.15, 0.2) is 0 Å². The van der Waals surface area contributed by atoms with Gasteiger partial charge in [0.2, 0.25) is 10.0 Å². The Hall–Kier alpha value is -1.27. The smallest absolute Gasteiger partial charge is 0.225 e. The van der Waals surface area contributed by atoms with E-state index in [0.717, 1.165) is 12.0 Å². The Balaban J connectivity index is 2.73. The van der Waals surface area contributed by atoms with Gasteiger partial charge in [0.25, 0.3) is 0 Å². The first-order valence-electron chi connectivity index (χ1n) is 4.41. The van der Waals surface area contributed by atoms with E-state index >= 15 is 0 Å². The Morgan fingerprint density at radius 2 is 1.87 bits per heavy atom. The molecule has 0 aliphatic carbocycles. The van der Waals surface area contributed by atoms with Gasteiger partial charge < -0.3 is 0 Å². The van der Waals surface area contributed by atoms with Crippen molar-refractivity contribution in [2.24, 2.45) is 15.4 Å². The van der Waals surface area contributed by atoms with Gasteiger partial charge in [-0.1, -0.05) is 12.1 Å². The van der Waals surface area contributed by atoms with Crippen LogP contribution in [0.15, 0.2) is 39.4 Å². The molecule has 0 aromatic heterocycles. The second kappa shape index (κ2) is 4.99. The summed E-state index contributed by atoms with van der Waals surface area (Å²) in [5.74, 6) is 0. The summed E-state index contributed by atoms with van der Waals surface area (Å²) in [6, 6.07) is 6.44. The summed E-state index contributed by atoms with van der Waals surface area (Å²) in [4.78, 5) is 0.128. The molecular weight excluding hydrogens is 214 g/mol. The van der Waals surface area contributed by atoms with E-state index in [9.17, 15) is 8.42 Å². The number of sulfonamides is 1. The average molecular weight is 227 g/mol. The van der Waals surface area contributed by atoms with E-state index in [4.69, 9.17) is 5.14 Å². The summed E-state index contributed by atoms with van der Waals surface area (Å²) in [5.41, 5.74) is 1.01. The van der Waals surface area contributed by atoms with Crippen LogP contribution >= 0.6 is 0 Å². The number of azo groups is 1. The highest BCUT2D eigenvalue weighted by Gasteiger charge is 2.06. The van der Waals surface area contributed by atoms with E-state index in [1.54, 1.807) is 19.2 Å². The van der Waals surface area contributed by atoms with Gasteiger partial charge in [-0.05, 0) is 24.1 Å². The van der Waals surface area contributed by atoms with Gasteiger partial charge in [0.05, 0.1) is 11.4 Å². The first kappa shape index (κ1) is 11.8. The van der Waals surface area contributed by atoms with Crippen LogP contribution in [-0.4, -0.2) is 22.0 Å². The van der Waals surface area contributed by atoms with Gasteiger partial charge in [0, 0.05) is 7.05 Å². The Labute approximate surface area is 89.1 Å². The molecule has 5 nitrogen and oxygen atoms in total. The summed E-state index contributed by atoms with van der Waals surface area (Å²) in [7, 11) is -1.97. The molecule has 0 aliphatic heterocycles. The molecule has 1 rings (SSSR count). The molecule has 0 fully saturated rings. The number of primary sulfonamides is 1. The van der Waals surface area contributed by atoms with Gasteiger partial charge >= 0.3 is 0 Å². The van der Waals surface area contributed by atoms with E-state index in [-0.39, 0.29) is 4.90 Å². The van der Waals surface area contributed by atoms with Crippen molar-refractivity contribution in [2.45, 2.75) is 11.3 Å². The summed E-state index contributed by atoms with van der Waals surface area (Å²) in [6.07, 6.45) is 0.738. The molecule has 0 amide bonds. The molecule has 82 valence electrons. The zero-order chi connectivity index (χ0) is 11.3. The second-order valence-corrected chi connectivity index (χ2v) is 4.57. The number of benzene rings is 1. The highest BCUT2D eigenvalue weighted by atomic mass is 32.2. The Bertz CT molecular complexity index is 437. The molecule has 0 saturated heterocycles. The molecule has 0 heterocycles. The largest absolute Gasteiger partial charge is 0.238 e. The van der Waals surface area contributed by atoms with Crippen molar-refractivity contribution >= 4 is 10.0 Å². The summed E-state index contributed by atoms with van der Waals surface area (Å²) in [5, 5.41) is 12.4. The molecule has 0 saturated carbocycles. The summed E-state index contributed by atoms with van der Waals surface area (Å²) >= 11 is 0. The maximum Gasteiger partial charge on any atom is 0.238 e. The van der Waals surface area contributed by atoms with Crippen LogP contribution < -0.4 is 5.14 Å². The van der Waals surface area contributed by atoms with Crippen molar-refractivity contribution in [1.29, 1.82) is 0 Å². The van der Waals surface area contributed by atoms with Crippen molar-refractivity contribution in [3.05, 3.63) is 29.8 Å². The van der Waals surface area contributed by atoms with Gasteiger partial charge in [-0.25, -0.2) is 13.6 Å². The molecule has 0 bridgehead atoms. The minimum atomic E-state index is -3.59. The van der Waals surface area contributed by atoms with Gasteiger partial charge in [-0.15, -0.1) is 0 Å². The molecule has 0 radical (unpaired) electrons. The van der Waals surface area contributed by atoms with Crippen molar-refractivity contribution < 1.29 is 8.42 Å². The number of nitrogens with two attached hydrogens (primary N) is 1. The van der Waals surface area contributed by atoms with E-state index in [2.05, 4.69) is 10.2 Å². The molecule has 6 heteroatoms. The van der Waals surface area contributed by atoms with Crippen molar-refractivity contribution in [3.63, 3.8) is 0 Å². The summed E-state index contributed by atoms with van der Waals surface area (Å²) < 4.78 is 21.9. The normalized spacial score (nSPS) is 12.1. The number of nitrogens with zero attached hydrogens (tertiary/aromatic N) is 2. The standard InChI is InChI=1S/C9H13N3O2S/c1-11-12-7-6-8-2-4-9(5-3-8)15(10,13)14/h2-5H,6-7H2,1H3,(H2,10,13,14). The van der Waals surface area contributed by atoms with E-state index in [1.165, 1.54) is 12.1 Å². The Kier molecular flexibility index (Phi) is 3.93. The van der Waals surface area contributed by atoms with Crippen molar-refractivity contribution in [1.82, 2.24) is 0 Å². The van der Waals surface area contributed by atoms with E-state index in [1.807, 2.05) is 0 Å². The van der Waals surface area contributed by atoms with Crippen molar-refractivity contribution in [3.8, 4) is 0 Å². The van der Waals surface area contributed by atoms with E-state index in [0.29, 0.717) is 6.54 Å². The minimum Gasteiger partial charge on any atom is -0.225 e. The molecule has 0 aliphatic rings. The first-order valence-corrected chi connectivity index (χ1v) is 5.96. The van der Waals surface area contributed by atoms with Crippen LogP contribution in [0.2, 0.25) is 0 Å². The molecule has 15 heavy (non-hydrogen) atoms. The predicted molar refractivity (Wildman–Crippen MR) is 57.2 cm³/mol. The predicted octanol–water partition coefficient (Wildman–Crippen LogP) is 0.959. The third-order valence-corrected chi connectivity index (χ3v) is 2.82. The topological polar surface area (TPSA) is 84.9 Å². The third kappa shape index (κ3) is 3.77. The van der Waals surface area contributed by atoms with Crippen LogP contribution in [0.4, 0.5) is 0 Å². The minimum absolute atomic E-state index is 0.128. The lowest BCUT2D eigenvalue weighted by Gasteiger charge is -2.00. The molecule has 0 atom stereocenters. The highest BCUT2D eigenvalue weighted by Crippen LogP contribution is 2.09. The molecule has 1 aromatic rings. The average Bonchev–Trinajstić information content (AvgIpc) is 2.18. The number of hydrogen-bond acceptors (Lipinski definition) is 4. The second-order valence-electron chi connectivity index (χ2n) is 3.00. The fourth-order valence-electron chi connectivity index (χ4n) is 1.12. The first-order chi connectivity index (χ1) is 7.04. The Morgan fingerprint density at radius 1 is 1.27 bits per heavy atom. The number of hydrogen-bond donors (Lipinski definition) is 1. The van der Waals surface area contributed by atoms with Crippen LogP contribution in [0.25, 0.3) is 0 Å². The van der Waals surface area contributed by atoms with Crippen LogP contribution in [0.3, 0.4) is 0 Å². The quantitative estimate of drug-likeness (QED) is 0.777. The van der Waals surface area contributed by atoms with Crippen LogP contribution in [0.1, 0.15) is 5.56 Å². The van der Waals surface area contributed by atoms with Crippen LogP contribution in [0, 0.1) is 0 Å². The highest BCUT2D eigenvalue weighted by molar-refractivity contribution is 7.89. The maximum atomic E-state index is 10.9. The summed E-state index contributed by atoms with van der Waals surface area (Å²) in [6.45, 7) is 0.602. The number of rotatable bonds is 4. The van der Waals surface area contributed by atoms with Gasteiger partial charge in [-0.3, -0.25) is 0 Å².